The second kappa shape index (κ2) is 13.3. The summed E-state index contributed by atoms with van der Waals surface area (Å²) in [6.45, 7) is 0. The molecule has 282 valence electrons. The topological polar surface area (TPSA) is 51.6 Å². The van der Waals surface area contributed by atoms with Crippen molar-refractivity contribution in [3.8, 4) is 44.5 Å². The molecule has 0 spiro atoms. The molecule has 0 amide bonds. The van der Waals surface area contributed by atoms with Crippen LogP contribution < -0.4 is 0 Å². The quantitative estimate of drug-likeness (QED) is 0.167. The van der Waals surface area contributed by atoms with E-state index in [2.05, 4.69) is 170 Å². The lowest BCUT2D eigenvalue weighted by atomic mass is 9.93. The minimum atomic E-state index is 0.937. The Kier molecular flexibility index (Phi) is 7.44. The van der Waals surface area contributed by atoms with Gasteiger partial charge in [-0.3, -0.25) is 19.9 Å². The number of rotatable bonds is 4. The molecule has 0 aliphatic heterocycles. The molecule has 0 bridgehead atoms. The molecule has 0 saturated heterocycles. The van der Waals surface area contributed by atoms with Crippen LogP contribution in [0.25, 0.3) is 130 Å². The zero-order valence-electron chi connectivity index (χ0n) is 32.7. The maximum absolute atomic E-state index is 4.76. The van der Waals surface area contributed by atoms with Crippen molar-refractivity contribution < 1.29 is 0 Å². The van der Waals surface area contributed by atoms with Crippen molar-refractivity contribution in [2.24, 2.45) is 0 Å². The lowest BCUT2D eigenvalue weighted by molar-refractivity contribution is 1.31. The molecule has 5 heteroatoms. The lowest BCUT2D eigenvalue weighted by Gasteiger charge is -2.12. The number of thiophene rings is 1. The van der Waals surface area contributed by atoms with E-state index >= 15 is 0 Å². The SMILES string of the molecule is c1cc(-c2ccc3sc4ccc(-c5cccc(-c6ccc7c(c6)c6ccccc6c6nccnc76)c5)cc4c3c2)cc(-c2ccc3c(c2)c2ccccc2c2nccnc32)c1. The highest BCUT2D eigenvalue weighted by Gasteiger charge is 2.15. The third kappa shape index (κ3) is 5.38. The van der Waals surface area contributed by atoms with Gasteiger partial charge in [-0.1, -0.05) is 121 Å². The van der Waals surface area contributed by atoms with Crippen LogP contribution in [0.3, 0.4) is 0 Å². The van der Waals surface area contributed by atoms with Crippen molar-refractivity contribution >= 4 is 96.7 Å². The number of hydrogen-bond acceptors (Lipinski definition) is 5. The molecular weight excluding hydrogens is 761 g/mol. The van der Waals surface area contributed by atoms with E-state index in [1.165, 1.54) is 86.2 Å². The van der Waals surface area contributed by atoms with Gasteiger partial charge in [-0.2, -0.15) is 0 Å². The van der Waals surface area contributed by atoms with E-state index in [0.29, 0.717) is 0 Å². The molecule has 13 aromatic rings. The minimum absolute atomic E-state index is 0.937. The Balaban J connectivity index is 0.877. The first-order chi connectivity index (χ1) is 30.2. The van der Waals surface area contributed by atoms with Crippen molar-refractivity contribution in [2.75, 3.05) is 0 Å². The molecule has 3 heterocycles. The maximum atomic E-state index is 4.76. The van der Waals surface area contributed by atoms with E-state index in [1.54, 1.807) is 24.8 Å². The Morgan fingerprint density at radius 1 is 0.230 bits per heavy atom. The molecule has 0 radical (unpaired) electrons. The van der Waals surface area contributed by atoms with Crippen molar-refractivity contribution in [2.45, 2.75) is 0 Å². The molecule has 0 N–H and O–H groups in total. The van der Waals surface area contributed by atoms with Crippen LogP contribution in [0.5, 0.6) is 0 Å². The summed E-state index contributed by atoms with van der Waals surface area (Å²) in [6, 6.07) is 62.2. The summed E-state index contributed by atoms with van der Waals surface area (Å²) in [7, 11) is 0. The van der Waals surface area contributed by atoms with Crippen LogP contribution in [0.15, 0.2) is 195 Å². The smallest absolute Gasteiger partial charge is 0.0971 e. The molecular formula is C56H32N4S. The second-order valence-corrected chi connectivity index (χ2v) is 16.9. The summed E-state index contributed by atoms with van der Waals surface area (Å²) < 4.78 is 2.58. The van der Waals surface area contributed by atoms with Gasteiger partial charge in [-0.15, -0.1) is 11.3 Å². The van der Waals surface area contributed by atoms with Gasteiger partial charge in [-0.05, 0) is 115 Å². The molecule has 0 aliphatic rings. The van der Waals surface area contributed by atoms with Gasteiger partial charge in [-0.25, -0.2) is 0 Å². The van der Waals surface area contributed by atoms with Gasteiger partial charge >= 0.3 is 0 Å². The fourth-order valence-electron chi connectivity index (χ4n) is 9.51. The van der Waals surface area contributed by atoms with Gasteiger partial charge in [0.15, 0.2) is 0 Å². The van der Waals surface area contributed by atoms with E-state index in [0.717, 1.165) is 43.6 Å². The molecule has 10 aromatic carbocycles. The van der Waals surface area contributed by atoms with E-state index in [9.17, 15) is 0 Å². The standard InChI is InChI=1S/C56H32N4S/c1-3-13-43-41(11-1)47-29-37(15-19-45(47)55-53(43)57-23-25-59-55)33-7-5-9-35(27-33)39-17-21-51-49(31-39)50-32-40(18-22-52(50)61-51)36-10-6-8-34(28-36)38-16-20-46-48(30-38)42-12-2-4-14-44(42)54-56(46)60-26-24-58-54/h1-32H. The van der Waals surface area contributed by atoms with Gasteiger partial charge in [0.1, 0.15) is 0 Å². The first-order valence-electron chi connectivity index (χ1n) is 20.5. The second-order valence-electron chi connectivity index (χ2n) is 15.8. The third-order valence-electron chi connectivity index (χ3n) is 12.4. The number of aromatic nitrogens is 4. The van der Waals surface area contributed by atoms with Crippen molar-refractivity contribution in [1.29, 1.82) is 0 Å². The predicted molar refractivity (Wildman–Crippen MR) is 257 cm³/mol. The van der Waals surface area contributed by atoms with Gasteiger partial charge in [0.2, 0.25) is 0 Å². The van der Waals surface area contributed by atoms with E-state index in [-0.39, 0.29) is 0 Å². The number of benzene rings is 10. The highest BCUT2D eigenvalue weighted by molar-refractivity contribution is 7.25. The number of fused-ring (bicyclic) bond motifs is 15. The molecule has 0 aliphatic carbocycles. The van der Waals surface area contributed by atoms with E-state index in [4.69, 9.17) is 19.9 Å². The largest absolute Gasteiger partial charge is 0.252 e. The van der Waals surface area contributed by atoms with Crippen LogP contribution in [0, 0.1) is 0 Å². The van der Waals surface area contributed by atoms with Crippen LogP contribution in [0.4, 0.5) is 0 Å². The van der Waals surface area contributed by atoms with Crippen LogP contribution in [0.1, 0.15) is 0 Å². The van der Waals surface area contributed by atoms with Crippen LogP contribution in [-0.4, -0.2) is 19.9 Å². The summed E-state index contributed by atoms with van der Waals surface area (Å²) in [4.78, 5) is 18.9. The lowest BCUT2D eigenvalue weighted by Crippen LogP contribution is -1.89. The monoisotopic (exact) mass is 792 g/mol. The summed E-state index contributed by atoms with van der Waals surface area (Å²) in [6.07, 6.45) is 7.13. The molecule has 0 unspecified atom stereocenters. The van der Waals surface area contributed by atoms with Crippen molar-refractivity contribution in [3.63, 3.8) is 0 Å². The Morgan fingerprint density at radius 3 is 0.934 bits per heavy atom. The van der Waals surface area contributed by atoms with Crippen LogP contribution in [0.2, 0.25) is 0 Å². The third-order valence-corrected chi connectivity index (χ3v) is 13.6. The Labute approximate surface area is 354 Å². The van der Waals surface area contributed by atoms with Crippen LogP contribution >= 0.6 is 11.3 Å². The van der Waals surface area contributed by atoms with Gasteiger partial charge in [0.25, 0.3) is 0 Å². The van der Waals surface area contributed by atoms with E-state index in [1.807, 2.05) is 11.3 Å². The fourth-order valence-corrected chi connectivity index (χ4v) is 10.6. The van der Waals surface area contributed by atoms with Gasteiger partial charge in [0.05, 0.1) is 22.1 Å². The number of hydrogen-bond donors (Lipinski definition) is 0. The molecule has 0 fully saturated rings. The van der Waals surface area contributed by atoms with E-state index < -0.39 is 0 Å². The fraction of sp³-hybridized carbons (Fsp3) is 0. The Bertz CT molecular complexity index is 3630. The summed E-state index contributed by atoms with van der Waals surface area (Å²) in [5.74, 6) is 0. The number of nitrogens with zero attached hydrogens (tertiary/aromatic N) is 4. The minimum Gasteiger partial charge on any atom is -0.252 e. The normalized spacial score (nSPS) is 11.9. The Morgan fingerprint density at radius 2 is 0.541 bits per heavy atom. The van der Waals surface area contributed by atoms with Crippen LogP contribution in [-0.2, 0) is 0 Å². The average molecular weight is 793 g/mol. The first-order valence-corrected chi connectivity index (χ1v) is 21.3. The molecule has 4 nitrogen and oxygen atoms in total. The molecule has 0 atom stereocenters. The predicted octanol–water partition coefficient (Wildman–Crippen LogP) is 15.2. The first kappa shape index (κ1) is 34.0. The highest BCUT2D eigenvalue weighted by Crippen LogP contribution is 2.41. The highest BCUT2D eigenvalue weighted by atomic mass is 32.1. The zero-order valence-corrected chi connectivity index (χ0v) is 33.5. The molecule has 61 heavy (non-hydrogen) atoms. The Hall–Kier alpha value is -7.86. The van der Waals surface area contributed by atoms with Gasteiger partial charge in [0, 0.05) is 66.5 Å². The average Bonchev–Trinajstić information content (AvgIpc) is 3.71. The molecule has 3 aromatic heterocycles. The summed E-state index contributed by atoms with van der Waals surface area (Å²) in [5, 5.41) is 11.8. The molecule has 13 rings (SSSR count). The zero-order chi connectivity index (χ0) is 40.0. The maximum Gasteiger partial charge on any atom is 0.0971 e. The summed E-state index contributed by atoms with van der Waals surface area (Å²) in [5.41, 5.74) is 13.3. The van der Waals surface area contributed by atoms with Crippen molar-refractivity contribution in [3.05, 3.63) is 195 Å². The molecule has 0 saturated carbocycles. The van der Waals surface area contributed by atoms with Gasteiger partial charge < -0.3 is 0 Å². The summed E-state index contributed by atoms with van der Waals surface area (Å²) >= 11 is 1.86. The van der Waals surface area contributed by atoms with Crippen molar-refractivity contribution in [1.82, 2.24) is 19.9 Å².